The first kappa shape index (κ1) is 6.85. The van der Waals surface area contributed by atoms with Gasteiger partial charge in [-0.15, -0.1) is 6.58 Å². The minimum absolute atomic E-state index is 0.703. The van der Waals surface area contributed by atoms with Gasteiger partial charge in [-0.3, -0.25) is 0 Å². The van der Waals surface area contributed by atoms with Gasteiger partial charge in [-0.2, -0.15) is 0 Å². The molecule has 0 heterocycles. The van der Waals surface area contributed by atoms with E-state index < -0.39 is 0 Å². The second kappa shape index (κ2) is 2.55. The van der Waals surface area contributed by atoms with E-state index in [1.165, 1.54) is 32.1 Å². The molecule has 0 atom stereocenters. The summed E-state index contributed by atoms with van der Waals surface area (Å²) in [5.74, 6) is 0. The van der Waals surface area contributed by atoms with Crippen LogP contribution in [0.15, 0.2) is 12.7 Å². The van der Waals surface area contributed by atoms with Crippen molar-refractivity contribution in [1.82, 2.24) is 0 Å². The highest BCUT2D eigenvalue weighted by Crippen LogP contribution is 2.43. The Balaban J connectivity index is 2.16. The topological polar surface area (TPSA) is 0 Å². The lowest BCUT2D eigenvalue weighted by molar-refractivity contribution is 0.148. The van der Waals surface area contributed by atoms with Gasteiger partial charge in [-0.05, 0) is 31.1 Å². The summed E-state index contributed by atoms with van der Waals surface area (Å²) in [6.07, 6.45) is 8.94. The summed E-state index contributed by atoms with van der Waals surface area (Å²) in [5.41, 5.74) is 0.703. The third kappa shape index (κ3) is 1.57. The third-order valence-electron chi connectivity index (χ3n) is 2.51. The van der Waals surface area contributed by atoms with Crippen molar-refractivity contribution in [3.8, 4) is 0 Å². The Hall–Kier alpha value is -0.260. The first-order valence-corrected chi connectivity index (χ1v) is 3.88. The van der Waals surface area contributed by atoms with Gasteiger partial charge in [0.05, 0.1) is 0 Å². The predicted molar refractivity (Wildman–Crippen MR) is 41.4 cm³/mol. The quantitative estimate of drug-likeness (QED) is 0.507. The molecule has 1 fully saturated rings. The van der Waals surface area contributed by atoms with Gasteiger partial charge in [-0.25, -0.2) is 0 Å². The van der Waals surface area contributed by atoms with Crippen molar-refractivity contribution in [2.24, 2.45) is 5.41 Å². The normalized spacial score (nSPS) is 22.8. The van der Waals surface area contributed by atoms with E-state index >= 15 is 0 Å². The number of hydrogen-bond donors (Lipinski definition) is 0. The highest BCUT2D eigenvalue weighted by atomic mass is 14.4. The van der Waals surface area contributed by atoms with Crippen LogP contribution in [0.25, 0.3) is 0 Å². The molecule has 0 aromatic rings. The van der Waals surface area contributed by atoms with Crippen molar-refractivity contribution in [2.75, 3.05) is 0 Å². The van der Waals surface area contributed by atoms with E-state index in [2.05, 4.69) is 13.5 Å². The molecular weight excluding hydrogens is 108 g/mol. The molecular formula is C9H16. The molecule has 1 saturated carbocycles. The molecule has 0 saturated heterocycles. The van der Waals surface area contributed by atoms with Crippen molar-refractivity contribution in [3.05, 3.63) is 12.7 Å². The molecule has 0 spiro atoms. The van der Waals surface area contributed by atoms with Crippen LogP contribution in [-0.4, -0.2) is 0 Å². The van der Waals surface area contributed by atoms with Crippen molar-refractivity contribution < 1.29 is 0 Å². The minimum atomic E-state index is 0.703. The van der Waals surface area contributed by atoms with Gasteiger partial charge in [0.15, 0.2) is 0 Å². The summed E-state index contributed by atoms with van der Waals surface area (Å²) < 4.78 is 0. The number of rotatable bonds is 3. The second-order valence-corrected chi connectivity index (χ2v) is 3.49. The molecule has 1 rings (SSSR count). The highest BCUT2D eigenvalue weighted by molar-refractivity contribution is 4.85. The summed E-state index contributed by atoms with van der Waals surface area (Å²) in [7, 11) is 0. The van der Waals surface area contributed by atoms with Gasteiger partial charge in [0, 0.05) is 0 Å². The molecule has 0 nitrogen and oxygen atoms in total. The van der Waals surface area contributed by atoms with Crippen LogP contribution in [0.2, 0.25) is 0 Å². The Morgan fingerprint density at radius 1 is 1.56 bits per heavy atom. The Morgan fingerprint density at radius 3 is 2.56 bits per heavy atom. The largest absolute Gasteiger partial charge is 0.103 e. The van der Waals surface area contributed by atoms with Gasteiger partial charge < -0.3 is 0 Å². The molecule has 1 aliphatic carbocycles. The monoisotopic (exact) mass is 124 g/mol. The number of allylic oxidation sites excluding steroid dienone is 1. The zero-order chi connectivity index (χ0) is 6.74. The fraction of sp³-hybridized carbons (Fsp3) is 0.778. The standard InChI is InChI=1S/C9H16/c1-3-4-6-9(2)7-5-8-9/h3H,1,4-8H2,2H3. The molecule has 0 N–H and O–H groups in total. The van der Waals surface area contributed by atoms with Crippen LogP contribution in [0.4, 0.5) is 0 Å². The predicted octanol–water partition coefficient (Wildman–Crippen LogP) is 3.14. The van der Waals surface area contributed by atoms with Gasteiger partial charge in [0.25, 0.3) is 0 Å². The Bertz CT molecular complexity index is 98.6. The highest BCUT2D eigenvalue weighted by Gasteiger charge is 2.30. The minimum Gasteiger partial charge on any atom is -0.103 e. The summed E-state index contributed by atoms with van der Waals surface area (Å²) in [4.78, 5) is 0. The summed E-state index contributed by atoms with van der Waals surface area (Å²) >= 11 is 0. The maximum atomic E-state index is 3.72. The van der Waals surface area contributed by atoms with Crippen LogP contribution in [0, 0.1) is 5.41 Å². The summed E-state index contributed by atoms with van der Waals surface area (Å²) in [6.45, 7) is 6.11. The zero-order valence-corrected chi connectivity index (χ0v) is 6.32. The van der Waals surface area contributed by atoms with Gasteiger partial charge >= 0.3 is 0 Å². The van der Waals surface area contributed by atoms with Crippen LogP contribution in [-0.2, 0) is 0 Å². The van der Waals surface area contributed by atoms with Crippen LogP contribution in [0.3, 0.4) is 0 Å². The van der Waals surface area contributed by atoms with E-state index in [0.29, 0.717) is 5.41 Å². The molecule has 0 bridgehead atoms. The van der Waals surface area contributed by atoms with Crippen LogP contribution in [0.5, 0.6) is 0 Å². The van der Waals surface area contributed by atoms with Crippen molar-refractivity contribution in [3.63, 3.8) is 0 Å². The molecule has 52 valence electrons. The Morgan fingerprint density at radius 2 is 2.22 bits per heavy atom. The lowest BCUT2D eigenvalue weighted by atomic mass is 9.68. The van der Waals surface area contributed by atoms with Gasteiger partial charge in [-0.1, -0.05) is 19.4 Å². The van der Waals surface area contributed by atoms with E-state index in [0.717, 1.165) is 0 Å². The Kier molecular flexibility index (Phi) is 1.94. The molecule has 0 aliphatic heterocycles. The number of hydrogen-bond acceptors (Lipinski definition) is 0. The zero-order valence-electron chi connectivity index (χ0n) is 6.32. The molecule has 0 aromatic heterocycles. The van der Waals surface area contributed by atoms with E-state index in [1.54, 1.807) is 0 Å². The molecule has 0 radical (unpaired) electrons. The van der Waals surface area contributed by atoms with Crippen LogP contribution < -0.4 is 0 Å². The second-order valence-electron chi connectivity index (χ2n) is 3.49. The fourth-order valence-electron chi connectivity index (χ4n) is 1.48. The Labute approximate surface area is 58.0 Å². The van der Waals surface area contributed by atoms with E-state index in [-0.39, 0.29) is 0 Å². The summed E-state index contributed by atoms with van der Waals surface area (Å²) in [5, 5.41) is 0. The lowest BCUT2D eigenvalue weighted by Crippen LogP contribution is -2.24. The van der Waals surface area contributed by atoms with E-state index in [9.17, 15) is 0 Å². The van der Waals surface area contributed by atoms with Crippen molar-refractivity contribution >= 4 is 0 Å². The molecule has 1 aliphatic rings. The maximum absolute atomic E-state index is 3.72. The first-order chi connectivity index (χ1) is 4.27. The average Bonchev–Trinajstić information content (AvgIpc) is 1.79. The maximum Gasteiger partial charge on any atom is -0.0323 e. The van der Waals surface area contributed by atoms with Gasteiger partial charge in [0.2, 0.25) is 0 Å². The molecule has 9 heavy (non-hydrogen) atoms. The molecule has 0 heteroatoms. The molecule has 0 unspecified atom stereocenters. The van der Waals surface area contributed by atoms with Crippen molar-refractivity contribution in [2.45, 2.75) is 39.0 Å². The van der Waals surface area contributed by atoms with Gasteiger partial charge in [0.1, 0.15) is 0 Å². The summed E-state index contributed by atoms with van der Waals surface area (Å²) in [6, 6.07) is 0. The SMILES string of the molecule is C=CCCC1(C)CCC1. The van der Waals surface area contributed by atoms with Crippen LogP contribution >= 0.6 is 0 Å². The average molecular weight is 124 g/mol. The third-order valence-corrected chi connectivity index (χ3v) is 2.51. The smallest absolute Gasteiger partial charge is 0.0323 e. The lowest BCUT2D eigenvalue weighted by Gasteiger charge is -2.38. The van der Waals surface area contributed by atoms with Crippen molar-refractivity contribution in [1.29, 1.82) is 0 Å². The first-order valence-electron chi connectivity index (χ1n) is 3.88. The molecule has 0 aromatic carbocycles. The molecule has 0 amide bonds. The van der Waals surface area contributed by atoms with E-state index in [1.807, 2.05) is 6.08 Å². The van der Waals surface area contributed by atoms with E-state index in [4.69, 9.17) is 0 Å². The van der Waals surface area contributed by atoms with Crippen LogP contribution in [0.1, 0.15) is 39.0 Å². The fourth-order valence-corrected chi connectivity index (χ4v) is 1.48.